The summed E-state index contributed by atoms with van der Waals surface area (Å²) in [6.07, 6.45) is 0. The highest BCUT2D eigenvalue weighted by atomic mass is 16.5. The predicted molar refractivity (Wildman–Crippen MR) is 166 cm³/mol. The van der Waals surface area contributed by atoms with Crippen molar-refractivity contribution in [2.24, 2.45) is 0 Å². The van der Waals surface area contributed by atoms with Crippen molar-refractivity contribution < 1.29 is 9.53 Å². The summed E-state index contributed by atoms with van der Waals surface area (Å²) in [4.78, 5) is 39.9. The topological polar surface area (TPSA) is 82.3 Å². The summed E-state index contributed by atoms with van der Waals surface area (Å²) in [5, 5.41) is 3.39. The zero-order valence-electron chi connectivity index (χ0n) is 24.4. The minimum atomic E-state index is -0.378. The Kier molecular flexibility index (Phi) is 8.11. The number of para-hydroxylation sites is 2. The highest BCUT2D eigenvalue weighted by Gasteiger charge is 2.16. The molecule has 0 atom stereocenters. The molecule has 0 bridgehead atoms. The van der Waals surface area contributed by atoms with Gasteiger partial charge in [0.15, 0.2) is 0 Å². The number of benzene rings is 4. The first-order chi connectivity index (χ1) is 20.2. The largest absolute Gasteiger partial charge is 0.496 e. The summed E-state index contributed by atoms with van der Waals surface area (Å²) >= 11 is 0. The molecule has 0 spiro atoms. The molecule has 4 aromatic carbocycles. The molecule has 0 aliphatic heterocycles. The second kappa shape index (κ2) is 11.9. The molecule has 0 saturated heterocycles. The van der Waals surface area contributed by atoms with Gasteiger partial charge in [-0.15, -0.1) is 0 Å². The first-order valence-corrected chi connectivity index (χ1v) is 14.0. The van der Waals surface area contributed by atoms with E-state index in [1.54, 1.807) is 48.1 Å². The molecule has 1 heterocycles. The number of aromatic nitrogens is 2. The van der Waals surface area contributed by atoms with Gasteiger partial charge >= 0.3 is 5.69 Å². The second-order valence-corrected chi connectivity index (χ2v) is 11.4. The molecule has 0 aliphatic carbocycles. The summed E-state index contributed by atoms with van der Waals surface area (Å²) in [6, 6.07) is 29.9. The number of nitrogens with zero attached hydrogens (tertiary/aromatic N) is 2. The van der Waals surface area contributed by atoms with Gasteiger partial charge in [0.1, 0.15) is 5.75 Å². The third-order valence-corrected chi connectivity index (χ3v) is 7.48. The molecule has 0 saturated carbocycles. The molecule has 0 radical (unpaired) electrons. The van der Waals surface area contributed by atoms with Gasteiger partial charge in [0.05, 0.1) is 31.1 Å². The number of fused-ring (bicyclic) bond motifs is 1. The summed E-state index contributed by atoms with van der Waals surface area (Å²) in [6.45, 7) is 7.25. The van der Waals surface area contributed by atoms with Gasteiger partial charge in [-0.05, 0) is 52.4 Å². The minimum Gasteiger partial charge on any atom is -0.496 e. The van der Waals surface area contributed by atoms with E-state index in [2.05, 4.69) is 38.2 Å². The van der Waals surface area contributed by atoms with E-state index in [0.29, 0.717) is 35.3 Å². The lowest BCUT2D eigenvalue weighted by Gasteiger charge is -2.19. The van der Waals surface area contributed by atoms with Crippen LogP contribution in [0.25, 0.3) is 10.9 Å². The van der Waals surface area contributed by atoms with E-state index in [-0.39, 0.29) is 29.1 Å². The third kappa shape index (κ3) is 6.05. The van der Waals surface area contributed by atoms with Crippen molar-refractivity contribution in [3.05, 3.63) is 146 Å². The van der Waals surface area contributed by atoms with E-state index < -0.39 is 0 Å². The van der Waals surface area contributed by atoms with Gasteiger partial charge < -0.3 is 10.1 Å². The van der Waals surface area contributed by atoms with Gasteiger partial charge in [0.2, 0.25) is 0 Å². The van der Waals surface area contributed by atoms with Crippen LogP contribution in [0.5, 0.6) is 5.75 Å². The lowest BCUT2D eigenvalue weighted by Crippen LogP contribution is -2.40. The molecule has 1 N–H and O–H groups in total. The Morgan fingerprint density at radius 3 is 2.02 bits per heavy atom. The average Bonchev–Trinajstić information content (AvgIpc) is 3.00. The van der Waals surface area contributed by atoms with Gasteiger partial charge in [-0.3, -0.25) is 18.7 Å². The van der Waals surface area contributed by atoms with Crippen molar-refractivity contribution in [2.75, 3.05) is 7.11 Å². The van der Waals surface area contributed by atoms with Crippen LogP contribution in [0, 0.1) is 0 Å². The van der Waals surface area contributed by atoms with Crippen molar-refractivity contribution in [1.82, 2.24) is 14.5 Å². The first-order valence-electron chi connectivity index (χ1n) is 14.0. The molecule has 7 nitrogen and oxygen atoms in total. The van der Waals surface area contributed by atoms with Gasteiger partial charge in [0, 0.05) is 17.7 Å². The van der Waals surface area contributed by atoms with E-state index >= 15 is 0 Å². The fourth-order valence-corrected chi connectivity index (χ4v) is 5.03. The molecule has 5 rings (SSSR count). The normalized spacial score (nSPS) is 11.4. The van der Waals surface area contributed by atoms with Gasteiger partial charge in [0.25, 0.3) is 11.5 Å². The summed E-state index contributed by atoms with van der Waals surface area (Å²) < 4.78 is 8.28. The minimum absolute atomic E-state index is 0.0287. The number of rotatable bonds is 8. The van der Waals surface area contributed by atoms with Crippen molar-refractivity contribution in [3.63, 3.8) is 0 Å². The van der Waals surface area contributed by atoms with Crippen LogP contribution in [-0.4, -0.2) is 22.2 Å². The van der Waals surface area contributed by atoms with Gasteiger partial charge in [-0.2, -0.15) is 0 Å². The lowest BCUT2D eigenvalue weighted by molar-refractivity contribution is 0.0950. The number of amides is 1. The molecule has 0 aliphatic rings. The van der Waals surface area contributed by atoms with Gasteiger partial charge in [-0.25, -0.2) is 4.79 Å². The molecule has 1 amide bonds. The Morgan fingerprint density at radius 2 is 1.36 bits per heavy atom. The lowest BCUT2D eigenvalue weighted by atomic mass is 9.87. The standard InChI is InChI=1S/C35H35N3O4/c1-35(2,3)28-19-15-25(16-20-28)22-37-30-11-7-6-10-29(30)33(40)38(34(37)41)23-24-13-17-26(18-14-24)32(39)36-21-27-9-5-8-12-31(27)42-4/h5-20H,21-23H2,1-4H3,(H,36,39). The SMILES string of the molecule is COc1ccccc1CNC(=O)c1ccc(Cn2c(=O)c3ccccc3n(Cc3ccc(C(C)(C)C)cc3)c2=O)cc1. The van der Waals surface area contributed by atoms with Crippen molar-refractivity contribution >= 4 is 16.8 Å². The van der Waals surface area contributed by atoms with Crippen LogP contribution < -0.4 is 21.3 Å². The Bertz CT molecular complexity index is 1840. The van der Waals surface area contributed by atoms with Crippen LogP contribution >= 0.6 is 0 Å². The van der Waals surface area contributed by atoms with Crippen LogP contribution in [0.3, 0.4) is 0 Å². The van der Waals surface area contributed by atoms with E-state index in [0.717, 1.165) is 16.7 Å². The van der Waals surface area contributed by atoms with E-state index in [4.69, 9.17) is 4.74 Å². The van der Waals surface area contributed by atoms with Crippen molar-refractivity contribution in [3.8, 4) is 5.75 Å². The maximum absolute atomic E-state index is 13.7. The van der Waals surface area contributed by atoms with Crippen molar-refractivity contribution in [1.29, 1.82) is 0 Å². The summed E-state index contributed by atoms with van der Waals surface area (Å²) in [5.41, 5.74) is 4.20. The summed E-state index contributed by atoms with van der Waals surface area (Å²) in [7, 11) is 1.60. The number of ether oxygens (including phenoxy) is 1. The van der Waals surface area contributed by atoms with E-state index in [1.165, 1.54) is 10.1 Å². The molecule has 1 aromatic heterocycles. The van der Waals surface area contributed by atoms with Crippen LogP contribution in [-0.2, 0) is 25.0 Å². The number of nitrogens with one attached hydrogen (secondary N) is 1. The van der Waals surface area contributed by atoms with Crippen LogP contribution in [0.1, 0.15) is 53.4 Å². The maximum Gasteiger partial charge on any atom is 0.332 e. The van der Waals surface area contributed by atoms with Gasteiger partial charge in [-0.1, -0.05) is 87.5 Å². The average molecular weight is 562 g/mol. The number of carbonyl (C=O) groups excluding carboxylic acids is 1. The quantitative estimate of drug-likeness (QED) is 0.271. The zero-order valence-corrected chi connectivity index (χ0v) is 24.4. The Morgan fingerprint density at radius 1 is 0.762 bits per heavy atom. The zero-order chi connectivity index (χ0) is 29.9. The monoisotopic (exact) mass is 561 g/mol. The highest BCUT2D eigenvalue weighted by molar-refractivity contribution is 5.94. The fourth-order valence-electron chi connectivity index (χ4n) is 5.03. The molecule has 0 unspecified atom stereocenters. The number of methoxy groups -OCH3 is 1. The fraction of sp³-hybridized carbons (Fsp3) is 0.229. The molecule has 7 heteroatoms. The number of hydrogen-bond donors (Lipinski definition) is 1. The molecule has 5 aromatic rings. The smallest absolute Gasteiger partial charge is 0.332 e. The van der Waals surface area contributed by atoms with Crippen LogP contribution in [0.2, 0.25) is 0 Å². The first kappa shape index (κ1) is 28.6. The third-order valence-electron chi connectivity index (χ3n) is 7.48. The Labute approximate surface area is 245 Å². The predicted octanol–water partition coefficient (Wildman–Crippen LogP) is 5.50. The van der Waals surface area contributed by atoms with Crippen LogP contribution in [0.4, 0.5) is 0 Å². The molecule has 0 fully saturated rings. The number of hydrogen-bond acceptors (Lipinski definition) is 4. The maximum atomic E-state index is 13.7. The highest BCUT2D eigenvalue weighted by Crippen LogP contribution is 2.23. The Hall–Kier alpha value is -4.91. The Balaban J connectivity index is 1.39. The summed E-state index contributed by atoms with van der Waals surface area (Å²) in [5.74, 6) is 0.483. The van der Waals surface area contributed by atoms with E-state index in [9.17, 15) is 14.4 Å². The molecule has 214 valence electrons. The van der Waals surface area contributed by atoms with Crippen molar-refractivity contribution in [2.45, 2.75) is 45.8 Å². The second-order valence-electron chi connectivity index (χ2n) is 11.4. The molecular weight excluding hydrogens is 526 g/mol. The number of carbonyl (C=O) groups is 1. The molecular formula is C35H35N3O4. The van der Waals surface area contributed by atoms with Crippen LogP contribution in [0.15, 0.2) is 107 Å². The van der Waals surface area contributed by atoms with E-state index in [1.807, 2.05) is 48.5 Å². The molecule has 42 heavy (non-hydrogen) atoms.